The van der Waals surface area contributed by atoms with Gasteiger partial charge in [-0.3, -0.25) is 9.59 Å². The third-order valence-corrected chi connectivity index (χ3v) is 6.06. The number of unbranched alkanes of at least 4 members (excludes halogenated alkanes) is 2. The van der Waals surface area contributed by atoms with Crippen molar-refractivity contribution >= 4 is 11.8 Å². The van der Waals surface area contributed by atoms with Gasteiger partial charge in [0, 0.05) is 19.5 Å². The number of nitrogens with one attached hydrogen (secondary N) is 1. The quantitative estimate of drug-likeness (QED) is 0.325. The maximum absolute atomic E-state index is 13.7. The van der Waals surface area contributed by atoms with Crippen molar-refractivity contribution in [2.24, 2.45) is 0 Å². The summed E-state index contributed by atoms with van der Waals surface area (Å²) in [5, 5.41) is 3.08. The highest BCUT2D eigenvalue weighted by molar-refractivity contribution is 5.88. The van der Waals surface area contributed by atoms with E-state index in [2.05, 4.69) is 12.2 Å². The first kappa shape index (κ1) is 26.0. The van der Waals surface area contributed by atoms with E-state index >= 15 is 0 Å². The fraction of sp³-hybridized carbons (Fsp3) is 0.333. The molecule has 0 aromatic heterocycles. The molecule has 3 aromatic carbocycles. The molecule has 0 aliphatic rings. The molecule has 2 amide bonds. The Kier molecular flexibility index (Phi) is 10.4. The topological polar surface area (TPSA) is 58.6 Å². The summed E-state index contributed by atoms with van der Waals surface area (Å²) < 4.78 is 5.28. The van der Waals surface area contributed by atoms with E-state index in [1.54, 1.807) is 12.0 Å². The van der Waals surface area contributed by atoms with Crippen LogP contribution in [0, 0.1) is 0 Å². The summed E-state index contributed by atoms with van der Waals surface area (Å²) in [6.45, 7) is 3.07. The summed E-state index contributed by atoms with van der Waals surface area (Å²) in [6, 6.07) is 26.5. The van der Waals surface area contributed by atoms with Gasteiger partial charge in [-0.2, -0.15) is 0 Å². The van der Waals surface area contributed by atoms with Crippen LogP contribution >= 0.6 is 0 Å². The van der Waals surface area contributed by atoms with Gasteiger partial charge in [0.25, 0.3) is 0 Å². The molecule has 0 heterocycles. The van der Waals surface area contributed by atoms with Crippen LogP contribution in [0.25, 0.3) is 0 Å². The summed E-state index contributed by atoms with van der Waals surface area (Å²) in [7, 11) is 1.63. The molecule has 0 fully saturated rings. The molecular weight excluding hydrogens is 436 g/mol. The van der Waals surface area contributed by atoms with Gasteiger partial charge in [-0.05, 0) is 41.7 Å². The van der Waals surface area contributed by atoms with Gasteiger partial charge in [-0.15, -0.1) is 0 Å². The van der Waals surface area contributed by atoms with E-state index in [1.165, 1.54) is 0 Å². The molecule has 0 aliphatic carbocycles. The molecule has 0 spiro atoms. The lowest BCUT2D eigenvalue weighted by Gasteiger charge is -2.32. The predicted molar refractivity (Wildman–Crippen MR) is 140 cm³/mol. The molecule has 3 rings (SSSR count). The minimum atomic E-state index is -0.705. The summed E-state index contributed by atoms with van der Waals surface area (Å²) in [5.41, 5.74) is 2.85. The molecule has 0 bridgehead atoms. The number of benzene rings is 3. The van der Waals surface area contributed by atoms with Crippen LogP contribution in [0.3, 0.4) is 0 Å². The zero-order chi connectivity index (χ0) is 24.9. The summed E-state index contributed by atoms with van der Waals surface area (Å²) in [5.74, 6) is 0.556. The molecule has 0 radical (unpaired) electrons. The first-order valence-electron chi connectivity index (χ1n) is 12.4. The normalized spacial score (nSPS) is 11.5. The van der Waals surface area contributed by atoms with Crippen LogP contribution < -0.4 is 10.1 Å². The Morgan fingerprint density at radius 3 is 2.14 bits per heavy atom. The van der Waals surface area contributed by atoms with Crippen LogP contribution in [0.5, 0.6) is 5.75 Å². The lowest BCUT2D eigenvalue weighted by molar-refractivity contribution is -0.141. The Morgan fingerprint density at radius 1 is 0.857 bits per heavy atom. The first-order chi connectivity index (χ1) is 17.1. The SMILES string of the molecule is CCCCCNC(=O)[C@@H](c1ccccc1)N(Cc1ccc(OC)cc1)C(=O)CCc1ccccc1. The monoisotopic (exact) mass is 472 g/mol. The first-order valence-corrected chi connectivity index (χ1v) is 12.4. The van der Waals surface area contributed by atoms with Crippen LogP contribution in [-0.4, -0.2) is 30.4 Å². The second-order valence-corrected chi connectivity index (χ2v) is 8.67. The minimum Gasteiger partial charge on any atom is -0.497 e. The fourth-order valence-corrected chi connectivity index (χ4v) is 4.08. The summed E-state index contributed by atoms with van der Waals surface area (Å²) in [6.07, 6.45) is 4.01. The number of aryl methyl sites for hydroxylation is 1. The number of ether oxygens (including phenoxy) is 1. The average molecular weight is 473 g/mol. The lowest BCUT2D eigenvalue weighted by Crippen LogP contribution is -2.43. The molecule has 5 nitrogen and oxygen atoms in total. The Morgan fingerprint density at radius 2 is 1.51 bits per heavy atom. The van der Waals surface area contributed by atoms with E-state index in [4.69, 9.17) is 4.74 Å². The van der Waals surface area contributed by atoms with E-state index in [-0.39, 0.29) is 11.8 Å². The highest BCUT2D eigenvalue weighted by Crippen LogP contribution is 2.26. The van der Waals surface area contributed by atoms with Gasteiger partial charge >= 0.3 is 0 Å². The van der Waals surface area contributed by atoms with Gasteiger partial charge in [0.1, 0.15) is 11.8 Å². The van der Waals surface area contributed by atoms with E-state index in [0.29, 0.717) is 25.9 Å². The van der Waals surface area contributed by atoms with E-state index in [9.17, 15) is 9.59 Å². The van der Waals surface area contributed by atoms with Gasteiger partial charge in [0.05, 0.1) is 7.11 Å². The van der Waals surface area contributed by atoms with Crippen LogP contribution in [0.1, 0.15) is 55.3 Å². The lowest BCUT2D eigenvalue weighted by atomic mass is 10.0. The van der Waals surface area contributed by atoms with Gasteiger partial charge in [0.2, 0.25) is 11.8 Å². The molecule has 1 N–H and O–H groups in total. The summed E-state index contributed by atoms with van der Waals surface area (Å²) in [4.78, 5) is 28.9. The highest BCUT2D eigenvalue weighted by atomic mass is 16.5. The maximum Gasteiger partial charge on any atom is 0.247 e. The van der Waals surface area contributed by atoms with E-state index in [1.807, 2.05) is 84.9 Å². The van der Waals surface area contributed by atoms with E-state index < -0.39 is 6.04 Å². The molecule has 3 aromatic rings. The number of amides is 2. The van der Waals surface area contributed by atoms with Crippen molar-refractivity contribution in [3.63, 3.8) is 0 Å². The molecule has 0 saturated heterocycles. The Labute approximate surface area is 209 Å². The van der Waals surface area contributed by atoms with Gasteiger partial charge in [-0.1, -0.05) is 92.6 Å². The van der Waals surface area contributed by atoms with E-state index in [0.717, 1.165) is 41.7 Å². The number of methoxy groups -OCH3 is 1. The van der Waals surface area contributed by atoms with Crippen molar-refractivity contribution in [2.75, 3.05) is 13.7 Å². The number of carbonyl (C=O) groups is 2. The van der Waals surface area contributed by atoms with Crippen molar-refractivity contribution in [1.29, 1.82) is 0 Å². The molecule has 0 unspecified atom stereocenters. The second-order valence-electron chi connectivity index (χ2n) is 8.67. The van der Waals surface area contributed by atoms with Crippen LogP contribution in [0.15, 0.2) is 84.9 Å². The van der Waals surface area contributed by atoms with Crippen molar-refractivity contribution < 1.29 is 14.3 Å². The molecule has 0 saturated carbocycles. The Balaban J connectivity index is 1.88. The average Bonchev–Trinajstić information content (AvgIpc) is 2.91. The van der Waals surface area contributed by atoms with Crippen molar-refractivity contribution in [3.8, 4) is 5.75 Å². The minimum absolute atomic E-state index is 0.0535. The number of nitrogens with zero attached hydrogens (tertiary/aromatic N) is 1. The molecule has 35 heavy (non-hydrogen) atoms. The Bertz CT molecular complexity index is 1040. The number of carbonyl (C=O) groups excluding carboxylic acids is 2. The number of rotatable bonds is 13. The molecule has 0 aliphatic heterocycles. The fourth-order valence-electron chi connectivity index (χ4n) is 4.08. The molecule has 1 atom stereocenters. The zero-order valence-corrected chi connectivity index (χ0v) is 20.8. The van der Waals surface area contributed by atoms with Crippen LogP contribution in [0.2, 0.25) is 0 Å². The predicted octanol–water partition coefficient (Wildman–Crippen LogP) is 5.70. The second kappa shape index (κ2) is 14.0. The standard InChI is InChI=1S/C30H36N2O3/c1-3-4-11-22-31-30(34)29(26-14-9-6-10-15-26)32(23-25-16-19-27(35-2)20-17-25)28(33)21-18-24-12-7-5-8-13-24/h5-10,12-17,19-20,29H,3-4,11,18,21-23H2,1-2H3,(H,31,34)/t29-/m1/s1. The zero-order valence-electron chi connectivity index (χ0n) is 20.8. The number of hydrogen-bond donors (Lipinski definition) is 1. The third kappa shape index (κ3) is 7.99. The van der Waals surface area contributed by atoms with Gasteiger partial charge < -0.3 is 15.0 Å². The summed E-state index contributed by atoms with van der Waals surface area (Å²) >= 11 is 0. The van der Waals surface area contributed by atoms with Crippen LogP contribution in [0.4, 0.5) is 0 Å². The Hall–Kier alpha value is -3.60. The van der Waals surface area contributed by atoms with Crippen molar-refractivity contribution in [3.05, 3.63) is 102 Å². The largest absolute Gasteiger partial charge is 0.497 e. The molecule has 5 heteroatoms. The number of hydrogen-bond acceptors (Lipinski definition) is 3. The smallest absolute Gasteiger partial charge is 0.247 e. The van der Waals surface area contributed by atoms with Crippen LogP contribution in [-0.2, 0) is 22.6 Å². The molecular formula is C30H36N2O3. The third-order valence-electron chi connectivity index (χ3n) is 6.06. The van der Waals surface area contributed by atoms with Gasteiger partial charge in [-0.25, -0.2) is 0 Å². The molecule has 184 valence electrons. The van der Waals surface area contributed by atoms with Gasteiger partial charge in [0.15, 0.2) is 0 Å². The maximum atomic E-state index is 13.7. The highest BCUT2D eigenvalue weighted by Gasteiger charge is 2.31. The van der Waals surface area contributed by atoms with Crippen molar-refractivity contribution in [2.45, 2.75) is 51.6 Å². The van der Waals surface area contributed by atoms with Crippen molar-refractivity contribution in [1.82, 2.24) is 10.2 Å².